The van der Waals surface area contributed by atoms with Gasteiger partial charge in [0, 0.05) is 13.5 Å². The lowest BCUT2D eigenvalue weighted by Gasteiger charge is -2.06. The smallest absolute Gasteiger partial charge is 0.294 e. The van der Waals surface area contributed by atoms with E-state index < -0.39 is 0 Å². The number of nitrogens with one attached hydrogen (secondary N) is 1. The summed E-state index contributed by atoms with van der Waals surface area (Å²) in [6.45, 7) is 6.38. The minimum atomic E-state index is 0.571. The number of hydrogen-bond donors (Lipinski definition) is 1. The first kappa shape index (κ1) is 12.7. The fourth-order valence-corrected chi connectivity index (χ4v) is 1.90. The van der Waals surface area contributed by atoms with Gasteiger partial charge in [0.15, 0.2) is 0 Å². The van der Waals surface area contributed by atoms with Crippen LogP contribution in [0, 0.1) is 6.92 Å². The summed E-state index contributed by atoms with van der Waals surface area (Å²) < 4.78 is 5.62. The predicted molar refractivity (Wildman–Crippen MR) is 74.1 cm³/mol. The molecule has 1 aromatic carbocycles. The molecule has 0 fully saturated rings. The van der Waals surface area contributed by atoms with Gasteiger partial charge in [-0.15, -0.1) is 0 Å². The highest BCUT2D eigenvalue weighted by Gasteiger charge is 2.09. The molecule has 0 radical (unpaired) electrons. The average molecular weight is 244 g/mol. The highest BCUT2D eigenvalue weighted by Crippen LogP contribution is 2.20. The van der Waals surface area contributed by atoms with E-state index in [9.17, 15) is 0 Å². The Hall–Kier alpha value is -1.77. The number of anilines is 1. The van der Waals surface area contributed by atoms with Crippen LogP contribution in [0.25, 0.3) is 0 Å². The number of aryl methyl sites for hydroxylation is 1. The normalized spacial score (nSPS) is 10.9. The number of benzene rings is 1. The van der Waals surface area contributed by atoms with Crippen LogP contribution in [0.2, 0.25) is 0 Å². The average Bonchev–Trinajstić information content (AvgIpc) is 2.71. The fourth-order valence-electron chi connectivity index (χ4n) is 1.90. The van der Waals surface area contributed by atoms with Crippen LogP contribution in [-0.4, -0.2) is 12.0 Å². The molecule has 0 bridgehead atoms. The van der Waals surface area contributed by atoms with Crippen molar-refractivity contribution < 1.29 is 4.42 Å². The highest BCUT2D eigenvalue weighted by molar-refractivity contribution is 5.30. The van der Waals surface area contributed by atoms with Crippen LogP contribution >= 0.6 is 0 Å². The lowest BCUT2D eigenvalue weighted by atomic mass is 10.0. The molecule has 96 valence electrons. The van der Waals surface area contributed by atoms with E-state index in [-0.39, 0.29) is 0 Å². The Bertz CT molecular complexity index is 512. The van der Waals surface area contributed by atoms with Gasteiger partial charge >= 0.3 is 0 Å². The molecule has 0 spiro atoms. The lowest BCUT2D eigenvalue weighted by Crippen LogP contribution is -1.91. The molecule has 1 heterocycles. The Balaban J connectivity index is 2.15. The molecule has 18 heavy (non-hydrogen) atoms. The van der Waals surface area contributed by atoms with Gasteiger partial charge in [0.05, 0.1) is 5.69 Å². The van der Waals surface area contributed by atoms with Crippen molar-refractivity contribution in [3.05, 3.63) is 46.8 Å². The van der Waals surface area contributed by atoms with Crippen molar-refractivity contribution in [2.45, 2.75) is 33.1 Å². The van der Waals surface area contributed by atoms with Crippen LogP contribution in [0.15, 0.2) is 28.7 Å². The van der Waals surface area contributed by atoms with Gasteiger partial charge in [-0.2, -0.15) is 4.98 Å². The molecule has 0 aliphatic heterocycles. The third-order valence-corrected chi connectivity index (χ3v) is 3.12. The van der Waals surface area contributed by atoms with Crippen LogP contribution in [-0.2, 0) is 6.42 Å². The van der Waals surface area contributed by atoms with Crippen LogP contribution in [0.5, 0.6) is 0 Å². The first-order chi connectivity index (χ1) is 8.60. The summed E-state index contributed by atoms with van der Waals surface area (Å²) in [5.74, 6) is 1.50. The summed E-state index contributed by atoms with van der Waals surface area (Å²) in [6, 6.07) is 9.28. The van der Waals surface area contributed by atoms with Crippen molar-refractivity contribution in [1.29, 1.82) is 0 Å². The molecule has 0 unspecified atom stereocenters. The molecule has 1 N–H and O–H groups in total. The first-order valence-corrected chi connectivity index (χ1v) is 6.33. The molecule has 2 rings (SSSR count). The molecule has 0 saturated heterocycles. The lowest BCUT2D eigenvalue weighted by molar-refractivity contribution is 0.528. The van der Waals surface area contributed by atoms with Gasteiger partial charge < -0.3 is 9.73 Å². The van der Waals surface area contributed by atoms with E-state index in [4.69, 9.17) is 4.42 Å². The van der Waals surface area contributed by atoms with Crippen molar-refractivity contribution in [3.63, 3.8) is 0 Å². The maximum Gasteiger partial charge on any atom is 0.294 e. The van der Waals surface area contributed by atoms with Gasteiger partial charge in [0.2, 0.25) is 0 Å². The monoisotopic (exact) mass is 244 g/mol. The molecule has 1 aromatic heterocycles. The molecule has 3 heteroatoms. The third kappa shape index (κ3) is 2.73. The van der Waals surface area contributed by atoms with Gasteiger partial charge in [0.1, 0.15) is 5.76 Å². The van der Waals surface area contributed by atoms with Gasteiger partial charge in [-0.05, 0) is 24.0 Å². The maximum absolute atomic E-state index is 5.62. The zero-order valence-electron chi connectivity index (χ0n) is 11.4. The van der Waals surface area contributed by atoms with E-state index in [1.54, 1.807) is 0 Å². The van der Waals surface area contributed by atoms with E-state index >= 15 is 0 Å². The molecular formula is C15H20N2O. The molecule has 3 nitrogen and oxygen atoms in total. The quantitative estimate of drug-likeness (QED) is 0.890. The molecule has 0 aliphatic rings. The Morgan fingerprint density at radius 3 is 2.39 bits per heavy atom. The Labute approximate surface area is 108 Å². The summed E-state index contributed by atoms with van der Waals surface area (Å²) in [5.41, 5.74) is 3.57. The van der Waals surface area contributed by atoms with Gasteiger partial charge in [-0.1, -0.05) is 38.1 Å². The highest BCUT2D eigenvalue weighted by atomic mass is 16.4. The SMILES string of the molecule is CNc1nc(C)c(Cc2ccc(C(C)C)cc2)o1. The largest absolute Gasteiger partial charge is 0.428 e. The number of aromatic nitrogens is 1. The van der Waals surface area contributed by atoms with E-state index in [1.165, 1.54) is 11.1 Å². The first-order valence-electron chi connectivity index (χ1n) is 6.33. The van der Waals surface area contributed by atoms with E-state index in [1.807, 2.05) is 14.0 Å². The topological polar surface area (TPSA) is 38.1 Å². The second kappa shape index (κ2) is 5.25. The molecule has 0 amide bonds. The summed E-state index contributed by atoms with van der Waals surface area (Å²) in [6.07, 6.45) is 0.791. The molecule has 0 saturated carbocycles. The minimum absolute atomic E-state index is 0.571. The zero-order valence-corrected chi connectivity index (χ0v) is 11.4. The van der Waals surface area contributed by atoms with E-state index in [0.29, 0.717) is 11.9 Å². The third-order valence-electron chi connectivity index (χ3n) is 3.12. The standard InChI is InChI=1S/C15H20N2O/c1-10(2)13-7-5-12(6-8-13)9-14-11(3)17-15(16-4)18-14/h5-8,10H,9H2,1-4H3,(H,16,17). The molecule has 0 atom stereocenters. The second-order valence-corrected chi connectivity index (χ2v) is 4.85. The summed E-state index contributed by atoms with van der Waals surface area (Å²) in [4.78, 5) is 4.29. The number of hydrogen-bond acceptors (Lipinski definition) is 3. The minimum Gasteiger partial charge on any atom is -0.428 e. The van der Waals surface area contributed by atoms with Crippen molar-refractivity contribution in [3.8, 4) is 0 Å². The van der Waals surface area contributed by atoms with Gasteiger partial charge in [0.25, 0.3) is 6.01 Å². The number of nitrogens with zero attached hydrogens (tertiary/aromatic N) is 1. The van der Waals surface area contributed by atoms with Crippen molar-refractivity contribution >= 4 is 6.01 Å². The Morgan fingerprint density at radius 1 is 1.22 bits per heavy atom. The summed E-state index contributed by atoms with van der Waals surface area (Å²) in [7, 11) is 1.81. The summed E-state index contributed by atoms with van der Waals surface area (Å²) in [5, 5.41) is 2.92. The van der Waals surface area contributed by atoms with Crippen molar-refractivity contribution in [2.24, 2.45) is 0 Å². The molecular weight excluding hydrogens is 224 g/mol. The van der Waals surface area contributed by atoms with Crippen LogP contribution in [0.3, 0.4) is 0 Å². The number of oxazole rings is 1. The Kier molecular flexibility index (Phi) is 3.70. The van der Waals surface area contributed by atoms with Gasteiger partial charge in [-0.3, -0.25) is 0 Å². The van der Waals surface area contributed by atoms with Crippen LogP contribution in [0.4, 0.5) is 6.01 Å². The van der Waals surface area contributed by atoms with E-state index in [2.05, 4.69) is 48.4 Å². The second-order valence-electron chi connectivity index (χ2n) is 4.85. The molecule has 0 aliphatic carbocycles. The predicted octanol–water partition coefficient (Wildman–Crippen LogP) is 3.74. The zero-order chi connectivity index (χ0) is 13.1. The fraction of sp³-hybridized carbons (Fsp3) is 0.400. The van der Waals surface area contributed by atoms with Crippen LogP contribution in [0.1, 0.15) is 42.3 Å². The molecule has 2 aromatic rings. The van der Waals surface area contributed by atoms with Crippen LogP contribution < -0.4 is 5.32 Å². The number of rotatable bonds is 4. The van der Waals surface area contributed by atoms with Crippen molar-refractivity contribution in [2.75, 3.05) is 12.4 Å². The van der Waals surface area contributed by atoms with Gasteiger partial charge in [-0.25, -0.2) is 0 Å². The maximum atomic E-state index is 5.62. The summed E-state index contributed by atoms with van der Waals surface area (Å²) >= 11 is 0. The van der Waals surface area contributed by atoms with Crippen molar-refractivity contribution in [1.82, 2.24) is 4.98 Å². The van der Waals surface area contributed by atoms with E-state index in [0.717, 1.165) is 17.9 Å². The Morgan fingerprint density at radius 2 is 1.89 bits per heavy atom.